The third kappa shape index (κ3) is 6.31. The van der Waals surface area contributed by atoms with Gasteiger partial charge in [0.1, 0.15) is 23.4 Å². The van der Waals surface area contributed by atoms with E-state index in [9.17, 15) is 9.59 Å². The average molecular weight is 512 g/mol. The Bertz CT molecular complexity index is 1140. The number of anilines is 1. The number of halogens is 1. The third-order valence-electron chi connectivity index (χ3n) is 5.58. The number of rotatable bonds is 11. The van der Waals surface area contributed by atoms with Crippen LogP contribution in [0.4, 0.5) is 5.69 Å². The molecule has 6 nitrogen and oxygen atoms in total. The van der Waals surface area contributed by atoms with Crippen molar-refractivity contribution in [3.63, 3.8) is 0 Å². The highest BCUT2D eigenvalue weighted by Crippen LogP contribution is 2.36. The molecule has 1 heterocycles. The van der Waals surface area contributed by atoms with Gasteiger partial charge in [0.2, 0.25) is 5.91 Å². The highest BCUT2D eigenvalue weighted by Gasteiger charge is 2.37. The van der Waals surface area contributed by atoms with E-state index in [-0.39, 0.29) is 30.3 Å². The average Bonchev–Trinajstić information content (AvgIpc) is 3.40. The van der Waals surface area contributed by atoms with Crippen LogP contribution in [0.5, 0.6) is 11.5 Å². The summed E-state index contributed by atoms with van der Waals surface area (Å²) in [4.78, 5) is 31.1. The molecule has 0 aliphatic rings. The van der Waals surface area contributed by atoms with Crippen molar-refractivity contribution in [1.82, 2.24) is 4.90 Å². The van der Waals surface area contributed by atoms with E-state index in [2.05, 4.69) is 6.58 Å². The molecule has 2 unspecified atom stereocenters. The zero-order chi connectivity index (χ0) is 25.4. The minimum absolute atomic E-state index is 0.237. The van der Waals surface area contributed by atoms with E-state index in [4.69, 9.17) is 22.1 Å². The summed E-state index contributed by atoms with van der Waals surface area (Å²) in [5.74, 6) is 0.436. The van der Waals surface area contributed by atoms with Crippen LogP contribution in [0.3, 0.4) is 0 Å². The van der Waals surface area contributed by atoms with Gasteiger partial charge in [0.25, 0.3) is 5.91 Å². The van der Waals surface area contributed by atoms with Gasteiger partial charge in [0, 0.05) is 29.7 Å². The summed E-state index contributed by atoms with van der Waals surface area (Å²) in [5.41, 5.74) is 7.25. The van der Waals surface area contributed by atoms with Crippen molar-refractivity contribution in [1.29, 1.82) is 0 Å². The maximum atomic E-state index is 14.0. The molecule has 2 amide bonds. The molecule has 0 saturated heterocycles. The predicted molar refractivity (Wildman–Crippen MR) is 143 cm³/mol. The number of nitrogens with zero attached hydrogens (tertiary/aromatic N) is 2. The SMILES string of the molecule is C=CCN(C(=O)C(c1cccs1)N(C(=O)CCl)c1ccc(Oc2ccccc2)cc1C)C(C)CN. The van der Waals surface area contributed by atoms with Crippen molar-refractivity contribution < 1.29 is 14.3 Å². The number of benzene rings is 2. The van der Waals surface area contributed by atoms with Gasteiger partial charge in [-0.3, -0.25) is 14.5 Å². The largest absolute Gasteiger partial charge is 0.457 e. The van der Waals surface area contributed by atoms with Crippen LogP contribution >= 0.6 is 22.9 Å². The van der Waals surface area contributed by atoms with E-state index in [0.717, 1.165) is 10.4 Å². The zero-order valence-corrected chi connectivity index (χ0v) is 21.5. The molecule has 3 aromatic rings. The zero-order valence-electron chi connectivity index (χ0n) is 19.9. The van der Waals surface area contributed by atoms with Gasteiger partial charge in [-0.1, -0.05) is 30.3 Å². The van der Waals surface area contributed by atoms with Gasteiger partial charge in [-0.25, -0.2) is 0 Å². The van der Waals surface area contributed by atoms with Crippen LogP contribution in [-0.2, 0) is 9.59 Å². The smallest absolute Gasteiger partial charge is 0.251 e. The van der Waals surface area contributed by atoms with E-state index in [1.165, 1.54) is 16.2 Å². The lowest BCUT2D eigenvalue weighted by atomic mass is 10.1. The summed E-state index contributed by atoms with van der Waals surface area (Å²) in [6.45, 7) is 8.13. The monoisotopic (exact) mass is 511 g/mol. The molecule has 1 aromatic heterocycles. The summed E-state index contributed by atoms with van der Waals surface area (Å²) in [6.07, 6.45) is 1.66. The van der Waals surface area contributed by atoms with Crippen LogP contribution < -0.4 is 15.4 Å². The first-order valence-electron chi connectivity index (χ1n) is 11.3. The van der Waals surface area contributed by atoms with Gasteiger partial charge in [0.05, 0.1) is 0 Å². The first kappa shape index (κ1) is 26.5. The van der Waals surface area contributed by atoms with Crippen molar-refractivity contribution in [2.45, 2.75) is 25.9 Å². The highest BCUT2D eigenvalue weighted by atomic mass is 35.5. The standard InChI is InChI=1S/C27H30ClN3O3S/c1-4-14-30(20(3)18-29)27(33)26(24-11-8-15-35-24)31(25(32)17-28)23-13-12-22(16-19(23)2)34-21-9-6-5-7-10-21/h4-13,15-16,20,26H,1,14,17-18,29H2,2-3H3. The number of carbonyl (C=O) groups excluding carboxylic acids is 2. The molecule has 0 spiro atoms. The first-order valence-corrected chi connectivity index (χ1v) is 12.7. The Balaban J connectivity index is 2.07. The lowest BCUT2D eigenvalue weighted by Crippen LogP contribution is -2.50. The molecule has 2 N–H and O–H groups in total. The van der Waals surface area contributed by atoms with E-state index in [1.54, 1.807) is 23.1 Å². The molecule has 184 valence electrons. The normalized spacial score (nSPS) is 12.5. The number of hydrogen-bond donors (Lipinski definition) is 1. The maximum absolute atomic E-state index is 14.0. The van der Waals surface area contributed by atoms with E-state index in [0.29, 0.717) is 23.7 Å². The van der Waals surface area contributed by atoms with Gasteiger partial charge in [-0.15, -0.1) is 29.5 Å². The second-order valence-corrected chi connectivity index (χ2v) is 9.29. The Kier molecular flexibility index (Phi) is 9.48. The van der Waals surface area contributed by atoms with Gasteiger partial charge < -0.3 is 15.4 Å². The molecule has 0 aliphatic heterocycles. The Morgan fingerprint density at radius 1 is 1.14 bits per heavy atom. The maximum Gasteiger partial charge on any atom is 0.251 e. The fraction of sp³-hybridized carbons (Fsp3) is 0.259. The number of thiophene rings is 1. The highest BCUT2D eigenvalue weighted by molar-refractivity contribution is 7.10. The second kappa shape index (κ2) is 12.5. The summed E-state index contributed by atoms with van der Waals surface area (Å²) >= 11 is 7.46. The molecule has 2 aromatic carbocycles. The topological polar surface area (TPSA) is 75.9 Å². The van der Waals surface area contributed by atoms with Crippen molar-refractivity contribution in [3.05, 3.63) is 89.1 Å². The van der Waals surface area contributed by atoms with Crippen LogP contribution in [0, 0.1) is 6.92 Å². The van der Waals surface area contributed by atoms with Crippen LogP contribution in [0.1, 0.15) is 23.4 Å². The van der Waals surface area contributed by atoms with Gasteiger partial charge in [-0.05, 0) is 61.2 Å². The summed E-state index contributed by atoms with van der Waals surface area (Å²) in [6, 6.07) is 17.4. The Morgan fingerprint density at radius 3 is 2.46 bits per heavy atom. The summed E-state index contributed by atoms with van der Waals surface area (Å²) < 4.78 is 5.95. The van der Waals surface area contributed by atoms with Crippen molar-refractivity contribution in [2.24, 2.45) is 5.73 Å². The van der Waals surface area contributed by atoms with Crippen LogP contribution in [0.2, 0.25) is 0 Å². The van der Waals surface area contributed by atoms with E-state index < -0.39 is 6.04 Å². The predicted octanol–water partition coefficient (Wildman–Crippen LogP) is 5.52. The molecule has 35 heavy (non-hydrogen) atoms. The summed E-state index contributed by atoms with van der Waals surface area (Å²) in [7, 11) is 0. The number of alkyl halides is 1. The molecule has 0 bridgehead atoms. The van der Waals surface area contributed by atoms with Crippen molar-refractivity contribution in [2.75, 3.05) is 23.9 Å². The Morgan fingerprint density at radius 2 is 1.89 bits per heavy atom. The molecular weight excluding hydrogens is 482 g/mol. The summed E-state index contributed by atoms with van der Waals surface area (Å²) in [5, 5.41) is 1.88. The minimum atomic E-state index is -0.894. The molecule has 0 radical (unpaired) electrons. The molecule has 0 aliphatic carbocycles. The van der Waals surface area contributed by atoms with Gasteiger partial charge >= 0.3 is 0 Å². The molecule has 0 saturated carbocycles. The quantitative estimate of drug-likeness (QED) is 0.271. The van der Waals surface area contributed by atoms with Crippen LogP contribution in [0.15, 0.2) is 78.7 Å². The number of nitrogens with two attached hydrogens (primary N) is 1. The molecule has 3 rings (SSSR count). The van der Waals surface area contributed by atoms with Crippen LogP contribution in [-0.4, -0.2) is 41.7 Å². The number of amides is 2. The number of carbonyl (C=O) groups is 2. The molecule has 0 fully saturated rings. The van der Waals surface area contributed by atoms with Crippen molar-refractivity contribution >= 4 is 40.4 Å². The van der Waals surface area contributed by atoms with Gasteiger partial charge in [-0.2, -0.15) is 0 Å². The third-order valence-corrected chi connectivity index (χ3v) is 6.73. The second-order valence-electron chi connectivity index (χ2n) is 8.04. The Labute approximate surface area is 215 Å². The number of para-hydroxylation sites is 1. The van der Waals surface area contributed by atoms with Gasteiger partial charge in [0.15, 0.2) is 0 Å². The van der Waals surface area contributed by atoms with E-state index in [1.807, 2.05) is 67.8 Å². The fourth-order valence-corrected chi connectivity index (χ4v) is 4.72. The first-order chi connectivity index (χ1) is 16.9. The molecular formula is C27H30ClN3O3S. The fourth-order valence-electron chi connectivity index (χ4n) is 3.78. The Hall–Kier alpha value is -3.13. The van der Waals surface area contributed by atoms with E-state index >= 15 is 0 Å². The number of hydrogen-bond acceptors (Lipinski definition) is 5. The molecule has 2 atom stereocenters. The minimum Gasteiger partial charge on any atom is -0.457 e. The van der Waals surface area contributed by atoms with Crippen LogP contribution in [0.25, 0.3) is 0 Å². The lowest BCUT2D eigenvalue weighted by Gasteiger charge is -2.36. The van der Waals surface area contributed by atoms with Crippen molar-refractivity contribution in [3.8, 4) is 11.5 Å². The number of ether oxygens (including phenoxy) is 1. The molecule has 8 heteroatoms. The lowest BCUT2D eigenvalue weighted by molar-refractivity contribution is -0.135. The number of aryl methyl sites for hydroxylation is 1.